The van der Waals surface area contributed by atoms with Gasteiger partial charge < -0.3 is 15.4 Å². The number of esters is 1. The number of carbonyl (C=O) groups is 3. The third kappa shape index (κ3) is 5.45. The van der Waals surface area contributed by atoms with Gasteiger partial charge in [0.2, 0.25) is 11.8 Å². The molecule has 2 amide bonds. The second-order valence-corrected chi connectivity index (χ2v) is 6.36. The van der Waals surface area contributed by atoms with E-state index in [-0.39, 0.29) is 18.4 Å². The van der Waals surface area contributed by atoms with Gasteiger partial charge in [0.1, 0.15) is 12.1 Å². The molecular formula is C19H24N2O4. The Balaban J connectivity index is 2.23. The lowest BCUT2D eigenvalue weighted by Gasteiger charge is -2.28. The van der Waals surface area contributed by atoms with Crippen molar-refractivity contribution in [1.29, 1.82) is 0 Å². The van der Waals surface area contributed by atoms with E-state index in [4.69, 9.17) is 4.74 Å². The number of carbonyl (C=O) groups excluding carboxylic acids is 3. The molecule has 1 aromatic carbocycles. The van der Waals surface area contributed by atoms with Gasteiger partial charge in [-0.1, -0.05) is 42.5 Å². The van der Waals surface area contributed by atoms with Gasteiger partial charge in [-0.2, -0.15) is 0 Å². The van der Waals surface area contributed by atoms with E-state index >= 15 is 0 Å². The van der Waals surface area contributed by atoms with E-state index in [0.717, 1.165) is 5.56 Å². The lowest BCUT2D eigenvalue weighted by atomic mass is 9.96. The van der Waals surface area contributed by atoms with Gasteiger partial charge in [-0.3, -0.25) is 9.59 Å². The molecule has 2 N–H and O–H groups in total. The van der Waals surface area contributed by atoms with E-state index in [1.165, 1.54) is 6.92 Å². The van der Waals surface area contributed by atoms with Crippen LogP contribution in [-0.4, -0.2) is 29.9 Å². The minimum Gasteiger partial charge on any atom is -0.461 e. The van der Waals surface area contributed by atoms with E-state index in [2.05, 4.69) is 10.6 Å². The highest BCUT2D eigenvalue weighted by Gasteiger charge is 2.35. The van der Waals surface area contributed by atoms with Crippen molar-refractivity contribution in [3.05, 3.63) is 48.0 Å². The minimum atomic E-state index is -1.13. The Hall–Kier alpha value is -2.63. The largest absolute Gasteiger partial charge is 0.461 e. The maximum Gasteiger partial charge on any atom is 0.331 e. The highest BCUT2D eigenvalue weighted by Crippen LogP contribution is 2.19. The van der Waals surface area contributed by atoms with Gasteiger partial charge >= 0.3 is 5.97 Å². The fourth-order valence-electron chi connectivity index (χ4n) is 2.72. The minimum absolute atomic E-state index is 0.00742. The first kappa shape index (κ1) is 18.7. The maximum atomic E-state index is 12.6. The maximum absolute atomic E-state index is 12.6. The molecule has 0 unspecified atom stereocenters. The summed E-state index contributed by atoms with van der Waals surface area (Å²) in [4.78, 5) is 36.1. The van der Waals surface area contributed by atoms with E-state index in [1.54, 1.807) is 13.0 Å². The van der Waals surface area contributed by atoms with Gasteiger partial charge in [-0.25, -0.2) is 4.79 Å². The van der Waals surface area contributed by atoms with Crippen molar-refractivity contribution < 1.29 is 19.1 Å². The molecule has 1 aliphatic heterocycles. The number of amides is 2. The average molecular weight is 344 g/mol. The van der Waals surface area contributed by atoms with Crippen molar-refractivity contribution in [3.8, 4) is 0 Å². The first-order valence-corrected chi connectivity index (χ1v) is 8.36. The highest BCUT2D eigenvalue weighted by molar-refractivity contribution is 5.87. The SMILES string of the molecule is CC(=O)N[C@]1(C)C/C=C/CCC(=O)N[C@H](c2ccccc2)COC1=O. The van der Waals surface area contributed by atoms with Crippen LogP contribution in [-0.2, 0) is 19.1 Å². The molecule has 1 heterocycles. The molecule has 2 rings (SSSR count). The summed E-state index contributed by atoms with van der Waals surface area (Å²) >= 11 is 0. The summed E-state index contributed by atoms with van der Waals surface area (Å²) in [7, 11) is 0. The van der Waals surface area contributed by atoms with E-state index in [1.807, 2.05) is 36.4 Å². The van der Waals surface area contributed by atoms with Crippen LogP contribution in [0.5, 0.6) is 0 Å². The fourth-order valence-corrected chi connectivity index (χ4v) is 2.72. The average Bonchev–Trinajstić information content (AvgIpc) is 2.57. The van der Waals surface area contributed by atoms with Gasteiger partial charge in [-0.15, -0.1) is 0 Å². The summed E-state index contributed by atoms with van der Waals surface area (Å²) in [5.41, 5.74) is -0.273. The van der Waals surface area contributed by atoms with E-state index in [9.17, 15) is 14.4 Å². The van der Waals surface area contributed by atoms with E-state index < -0.39 is 17.6 Å². The van der Waals surface area contributed by atoms with Gasteiger partial charge in [0.05, 0.1) is 6.04 Å². The van der Waals surface area contributed by atoms with Crippen LogP contribution in [0.4, 0.5) is 0 Å². The second-order valence-electron chi connectivity index (χ2n) is 6.36. The first-order chi connectivity index (χ1) is 11.9. The molecule has 0 saturated carbocycles. The number of rotatable bonds is 2. The molecule has 6 nitrogen and oxygen atoms in total. The van der Waals surface area contributed by atoms with Crippen LogP contribution in [0.25, 0.3) is 0 Å². The van der Waals surface area contributed by atoms with Crippen LogP contribution in [0, 0.1) is 0 Å². The number of hydrogen-bond donors (Lipinski definition) is 2. The number of cyclic esters (lactones) is 1. The standard InChI is InChI=1S/C19H24N2O4/c1-14(22)21-19(2)12-8-4-7-11-17(23)20-16(13-25-18(19)24)15-9-5-3-6-10-15/h3-6,8-10,16H,7,11-13H2,1-2H3,(H,20,23)(H,21,22)/b8-4+/t16-,19+/m0/s1. The van der Waals surface area contributed by atoms with Crippen LogP contribution < -0.4 is 10.6 Å². The van der Waals surface area contributed by atoms with Gasteiger partial charge in [0.25, 0.3) is 0 Å². The van der Waals surface area contributed by atoms with Crippen molar-refractivity contribution in [2.24, 2.45) is 0 Å². The second kappa shape index (κ2) is 8.46. The number of hydrogen-bond acceptors (Lipinski definition) is 4. The molecule has 134 valence electrons. The van der Waals surface area contributed by atoms with Crippen molar-refractivity contribution in [1.82, 2.24) is 10.6 Å². The quantitative estimate of drug-likeness (QED) is 0.635. The summed E-state index contributed by atoms with van der Waals surface area (Å²) in [5, 5.41) is 5.57. The molecule has 0 aliphatic carbocycles. The van der Waals surface area contributed by atoms with Crippen LogP contribution in [0.15, 0.2) is 42.5 Å². The first-order valence-electron chi connectivity index (χ1n) is 8.36. The third-order valence-electron chi connectivity index (χ3n) is 4.05. The summed E-state index contributed by atoms with van der Waals surface area (Å²) < 4.78 is 5.44. The monoisotopic (exact) mass is 344 g/mol. The molecule has 2 atom stereocenters. The predicted molar refractivity (Wildman–Crippen MR) is 93.5 cm³/mol. The van der Waals surface area contributed by atoms with Crippen molar-refractivity contribution in [3.63, 3.8) is 0 Å². The summed E-state index contributed by atoms with van der Waals surface area (Å²) in [5.74, 6) is -0.921. The Morgan fingerprint density at radius 3 is 2.64 bits per heavy atom. The molecule has 0 spiro atoms. The normalized spacial score (nSPS) is 26.4. The number of allylic oxidation sites excluding steroid dienone is 1. The fraction of sp³-hybridized carbons (Fsp3) is 0.421. The molecule has 1 aromatic rings. The van der Waals surface area contributed by atoms with Gasteiger partial charge in [0.15, 0.2) is 0 Å². The topological polar surface area (TPSA) is 84.5 Å². The molecule has 0 saturated heterocycles. The molecule has 0 bridgehead atoms. The summed E-state index contributed by atoms with van der Waals surface area (Å²) in [6.07, 6.45) is 4.86. The Bertz CT molecular complexity index is 657. The number of benzene rings is 1. The smallest absolute Gasteiger partial charge is 0.331 e. The highest BCUT2D eigenvalue weighted by atomic mass is 16.5. The van der Waals surface area contributed by atoms with E-state index in [0.29, 0.717) is 19.3 Å². The van der Waals surface area contributed by atoms with Gasteiger partial charge in [-0.05, 0) is 25.3 Å². The lowest BCUT2D eigenvalue weighted by molar-refractivity contribution is -0.154. The Labute approximate surface area is 147 Å². The Kier molecular flexibility index (Phi) is 6.33. The van der Waals surface area contributed by atoms with Crippen molar-refractivity contribution in [2.75, 3.05) is 6.61 Å². The molecule has 1 aliphatic rings. The Morgan fingerprint density at radius 1 is 1.24 bits per heavy atom. The summed E-state index contributed by atoms with van der Waals surface area (Å²) in [6.45, 7) is 3.02. The van der Waals surface area contributed by atoms with Gasteiger partial charge in [0, 0.05) is 13.3 Å². The molecular weight excluding hydrogens is 320 g/mol. The van der Waals surface area contributed by atoms with Crippen LogP contribution in [0.3, 0.4) is 0 Å². The molecule has 0 radical (unpaired) electrons. The van der Waals surface area contributed by atoms with Crippen molar-refractivity contribution >= 4 is 17.8 Å². The lowest BCUT2D eigenvalue weighted by Crippen LogP contribution is -2.52. The molecule has 6 heteroatoms. The number of nitrogens with one attached hydrogen (secondary N) is 2. The number of ether oxygens (including phenoxy) is 1. The zero-order valence-corrected chi connectivity index (χ0v) is 14.6. The van der Waals surface area contributed by atoms with Crippen LogP contribution >= 0.6 is 0 Å². The zero-order valence-electron chi connectivity index (χ0n) is 14.6. The van der Waals surface area contributed by atoms with Crippen LogP contribution in [0.2, 0.25) is 0 Å². The third-order valence-corrected chi connectivity index (χ3v) is 4.05. The van der Waals surface area contributed by atoms with Crippen LogP contribution in [0.1, 0.15) is 44.7 Å². The molecule has 0 fully saturated rings. The molecule has 0 aromatic heterocycles. The Morgan fingerprint density at radius 2 is 1.96 bits per heavy atom. The molecule has 25 heavy (non-hydrogen) atoms. The van der Waals surface area contributed by atoms with Crippen molar-refractivity contribution in [2.45, 2.75) is 44.7 Å². The summed E-state index contributed by atoms with van der Waals surface area (Å²) in [6, 6.07) is 8.93. The zero-order chi connectivity index (χ0) is 18.3. The predicted octanol–water partition coefficient (Wildman–Crippen LogP) is 2.02.